The third-order valence-corrected chi connectivity index (χ3v) is 4.13. The van der Waals surface area contributed by atoms with E-state index >= 15 is 0 Å². The van der Waals surface area contributed by atoms with Crippen LogP contribution in [0.1, 0.15) is 49.8 Å². The Labute approximate surface area is 110 Å². The summed E-state index contributed by atoms with van der Waals surface area (Å²) in [4.78, 5) is 4.57. The quantitative estimate of drug-likeness (QED) is 0.633. The zero-order chi connectivity index (χ0) is 12.4. The summed E-state index contributed by atoms with van der Waals surface area (Å²) in [5.41, 5.74) is 4.28. The van der Waals surface area contributed by atoms with E-state index in [0.717, 1.165) is 19.0 Å². The van der Waals surface area contributed by atoms with Gasteiger partial charge in [0.05, 0.1) is 5.69 Å². The van der Waals surface area contributed by atoms with Crippen LogP contribution in [0.15, 0.2) is 30.0 Å². The average molecular weight is 242 g/mol. The van der Waals surface area contributed by atoms with E-state index < -0.39 is 0 Å². The van der Waals surface area contributed by atoms with Crippen molar-refractivity contribution in [1.82, 2.24) is 10.3 Å². The van der Waals surface area contributed by atoms with Gasteiger partial charge in [-0.2, -0.15) is 0 Å². The van der Waals surface area contributed by atoms with Crippen LogP contribution in [0.3, 0.4) is 0 Å². The number of hydrogen-bond donors (Lipinski definition) is 1. The minimum atomic E-state index is 0.571. The van der Waals surface area contributed by atoms with Gasteiger partial charge in [-0.3, -0.25) is 4.98 Å². The lowest BCUT2D eigenvalue weighted by atomic mass is 9.97. The first-order chi connectivity index (χ1) is 8.84. The molecule has 0 amide bonds. The van der Waals surface area contributed by atoms with Crippen LogP contribution in [0, 0.1) is 0 Å². The zero-order valence-electron chi connectivity index (χ0n) is 11.2. The fraction of sp³-hybridized carbons (Fsp3) is 0.562. The molecule has 1 saturated carbocycles. The van der Waals surface area contributed by atoms with E-state index in [1.807, 2.05) is 6.20 Å². The summed E-state index contributed by atoms with van der Waals surface area (Å²) in [6.45, 7) is 3.40. The fourth-order valence-corrected chi connectivity index (χ4v) is 2.87. The normalized spacial score (nSPS) is 23.2. The van der Waals surface area contributed by atoms with Crippen LogP contribution in [0.4, 0.5) is 0 Å². The van der Waals surface area contributed by atoms with E-state index in [9.17, 15) is 0 Å². The fourth-order valence-electron chi connectivity index (χ4n) is 2.87. The molecule has 0 saturated heterocycles. The number of hydrogen-bond acceptors (Lipinski definition) is 2. The highest BCUT2D eigenvalue weighted by atomic mass is 14.9. The van der Waals surface area contributed by atoms with Crippen LogP contribution in [0.25, 0.3) is 0 Å². The van der Waals surface area contributed by atoms with Gasteiger partial charge in [-0.15, -0.1) is 0 Å². The van der Waals surface area contributed by atoms with Crippen molar-refractivity contribution in [2.24, 2.45) is 0 Å². The monoisotopic (exact) mass is 242 g/mol. The van der Waals surface area contributed by atoms with Crippen molar-refractivity contribution in [3.05, 3.63) is 41.2 Å². The van der Waals surface area contributed by atoms with Gasteiger partial charge in [0.2, 0.25) is 0 Å². The predicted octanol–water partition coefficient (Wildman–Crippen LogP) is 3.20. The summed E-state index contributed by atoms with van der Waals surface area (Å²) >= 11 is 0. The summed E-state index contributed by atoms with van der Waals surface area (Å²) in [5.74, 6) is 0.571. The van der Waals surface area contributed by atoms with Gasteiger partial charge in [0.1, 0.15) is 0 Å². The summed E-state index contributed by atoms with van der Waals surface area (Å²) in [6.07, 6.45) is 10.7. The number of aromatic nitrogens is 1. The molecule has 0 radical (unpaired) electrons. The topological polar surface area (TPSA) is 24.9 Å². The molecule has 2 aliphatic rings. The largest absolute Gasteiger partial charge is 0.314 e. The molecule has 1 unspecified atom stereocenters. The molecule has 0 bridgehead atoms. The summed E-state index contributed by atoms with van der Waals surface area (Å²) < 4.78 is 0. The molecule has 1 N–H and O–H groups in total. The lowest BCUT2D eigenvalue weighted by Gasteiger charge is -2.11. The van der Waals surface area contributed by atoms with Gasteiger partial charge in [-0.1, -0.05) is 17.7 Å². The minimum Gasteiger partial charge on any atom is -0.314 e. The van der Waals surface area contributed by atoms with Crippen LogP contribution in [-0.2, 0) is 6.42 Å². The van der Waals surface area contributed by atoms with E-state index in [0.29, 0.717) is 5.92 Å². The molecule has 96 valence electrons. The molecule has 0 spiro atoms. The Morgan fingerprint density at radius 1 is 1.44 bits per heavy atom. The van der Waals surface area contributed by atoms with Crippen LogP contribution in [-0.4, -0.2) is 17.6 Å². The molecular weight excluding hydrogens is 220 g/mol. The highest BCUT2D eigenvalue weighted by Gasteiger charge is 2.24. The van der Waals surface area contributed by atoms with Gasteiger partial charge in [0.15, 0.2) is 0 Å². The van der Waals surface area contributed by atoms with Gasteiger partial charge in [-0.05, 0) is 57.2 Å². The first-order valence-electron chi connectivity index (χ1n) is 7.18. The maximum atomic E-state index is 4.57. The molecule has 18 heavy (non-hydrogen) atoms. The van der Waals surface area contributed by atoms with Gasteiger partial charge >= 0.3 is 0 Å². The van der Waals surface area contributed by atoms with E-state index in [1.165, 1.54) is 42.5 Å². The summed E-state index contributed by atoms with van der Waals surface area (Å²) in [7, 11) is 0. The molecular formula is C16H22N2. The van der Waals surface area contributed by atoms with Crippen LogP contribution in [0.5, 0.6) is 0 Å². The summed E-state index contributed by atoms with van der Waals surface area (Å²) in [6, 6.07) is 5.11. The molecule has 1 atom stereocenters. The Kier molecular flexibility index (Phi) is 3.46. The van der Waals surface area contributed by atoms with Gasteiger partial charge in [0, 0.05) is 18.2 Å². The van der Waals surface area contributed by atoms with Gasteiger partial charge in [-0.25, -0.2) is 0 Å². The first kappa shape index (κ1) is 11.9. The van der Waals surface area contributed by atoms with Crippen molar-refractivity contribution in [3.8, 4) is 0 Å². The average Bonchev–Trinajstić information content (AvgIpc) is 3.11. The molecule has 3 rings (SSSR count). The molecule has 1 aromatic rings. The molecule has 2 nitrogen and oxygen atoms in total. The molecule has 2 aliphatic carbocycles. The number of aryl methyl sites for hydroxylation is 1. The Morgan fingerprint density at radius 2 is 2.33 bits per heavy atom. The third kappa shape index (κ3) is 2.64. The van der Waals surface area contributed by atoms with Crippen molar-refractivity contribution in [3.63, 3.8) is 0 Å². The number of allylic oxidation sites excluding steroid dienone is 1. The Morgan fingerprint density at radius 3 is 3.17 bits per heavy atom. The van der Waals surface area contributed by atoms with Crippen LogP contribution in [0.2, 0.25) is 0 Å². The Balaban J connectivity index is 1.58. The second kappa shape index (κ2) is 5.23. The number of rotatable bonds is 5. The van der Waals surface area contributed by atoms with Crippen molar-refractivity contribution >= 4 is 0 Å². The molecule has 1 heterocycles. The van der Waals surface area contributed by atoms with Crippen LogP contribution < -0.4 is 5.32 Å². The van der Waals surface area contributed by atoms with E-state index in [2.05, 4.69) is 35.4 Å². The first-order valence-corrected chi connectivity index (χ1v) is 7.18. The van der Waals surface area contributed by atoms with Crippen molar-refractivity contribution < 1.29 is 0 Å². The number of nitrogens with zero attached hydrogens (tertiary/aromatic N) is 1. The van der Waals surface area contributed by atoms with Crippen LogP contribution >= 0.6 is 0 Å². The molecule has 0 aromatic carbocycles. The Bertz CT molecular complexity index is 446. The Hall–Kier alpha value is -1.15. The molecule has 0 aliphatic heterocycles. The maximum Gasteiger partial charge on any atom is 0.0506 e. The van der Waals surface area contributed by atoms with Crippen molar-refractivity contribution in [2.75, 3.05) is 6.54 Å². The number of fused-ring (bicyclic) bond motifs is 1. The van der Waals surface area contributed by atoms with Gasteiger partial charge < -0.3 is 5.32 Å². The second-order valence-electron chi connectivity index (χ2n) is 5.60. The van der Waals surface area contributed by atoms with E-state index in [-0.39, 0.29) is 0 Å². The van der Waals surface area contributed by atoms with Gasteiger partial charge in [0.25, 0.3) is 0 Å². The lowest BCUT2D eigenvalue weighted by Crippen LogP contribution is -2.16. The maximum absolute atomic E-state index is 4.57. The van der Waals surface area contributed by atoms with E-state index in [4.69, 9.17) is 0 Å². The van der Waals surface area contributed by atoms with Crippen molar-refractivity contribution in [1.29, 1.82) is 0 Å². The predicted molar refractivity (Wildman–Crippen MR) is 74.7 cm³/mol. The van der Waals surface area contributed by atoms with Crippen molar-refractivity contribution in [2.45, 2.75) is 51.0 Å². The third-order valence-electron chi connectivity index (χ3n) is 4.13. The summed E-state index contributed by atoms with van der Waals surface area (Å²) in [5, 5.41) is 3.56. The van der Waals surface area contributed by atoms with E-state index in [1.54, 1.807) is 0 Å². The standard InChI is InChI=1S/C16H22N2/c1-12(4-2-10-17-14-7-8-14)15-9-6-13-5-3-11-18-16(13)15/h3-5,11,14-15,17H,2,6-10H2,1H3. The zero-order valence-corrected chi connectivity index (χ0v) is 11.2. The highest BCUT2D eigenvalue weighted by molar-refractivity contribution is 5.34. The second-order valence-corrected chi connectivity index (χ2v) is 5.60. The SMILES string of the molecule is CC(=CCCNC1CC1)C1CCc2cccnc21. The highest BCUT2D eigenvalue weighted by Crippen LogP contribution is 2.36. The smallest absolute Gasteiger partial charge is 0.0506 e. The molecule has 1 aromatic heterocycles. The lowest BCUT2D eigenvalue weighted by molar-refractivity contribution is 0.682. The molecule has 1 fully saturated rings. The molecule has 2 heteroatoms. The number of nitrogens with one attached hydrogen (secondary N) is 1. The minimum absolute atomic E-state index is 0.571. The number of pyridine rings is 1.